The first-order valence-electron chi connectivity index (χ1n) is 17.5. The van der Waals surface area contributed by atoms with Crippen molar-refractivity contribution in [3.05, 3.63) is 117 Å². The average Bonchev–Trinajstić information content (AvgIpc) is 3.12. The molecule has 0 amide bonds. The Hall–Kier alpha value is -4.62. The minimum atomic E-state index is 0.381. The summed E-state index contributed by atoms with van der Waals surface area (Å²) in [5, 5.41) is 19.8. The fourth-order valence-electron chi connectivity index (χ4n) is 7.10. The van der Waals surface area contributed by atoms with Gasteiger partial charge >= 0.3 is 0 Å². The fourth-order valence-corrected chi connectivity index (χ4v) is 7.10. The van der Waals surface area contributed by atoms with Gasteiger partial charge in [0.2, 0.25) is 0 Å². The van der Waals surface area contributed by atoms with Crippen molar-refractivity contribution in [1.82, 2.24) is 9.80 Å². The summed E-state index contributed by atoms with van der Waals surface area (Å²) >= 11 is 0. The van der Waals surface area contributed by atoms with E-state index in [2.05, 4.69) is 84.3 Å². The van der Waals surface area contributed by atoms with Gasteiger partial charge in [-0.25, -0.2) is 0 Å². The smallest absolute Gasteiger partial charge is 0.137 e. The van der Waals surface area contributed by atoms with Crippen molar-refractivity contribution in [2.24, 2.45) is 0 Å². The first kappa shape index (κ1) is 33.3. The number of benzene rings is 4. The van der Waals surface area contributed by atoms with E-state index >= 15 is 0 Å². The number of nitriles is 2. The second-order valence-electron chi connectivity index (χ2n) is 13.3. The van der Waals surface area contributed by atoms with E-state index in [1.54, 1.807) is 0 Å². The average molecular weight is 639 g/mol. The molecule has 0 saturated carbocycles. The minimum Gasteiger partial charge on any atom is -0.488 e. The van der Waals surface area contributed by atoms with Gasteiger partial charge in [0.05, 0.1) is 11.1 Å². The van der Waals surface area contributed by atoms with Crippen LogP contribution in [0.25, 0.3) is 11.1 Å². The molecule has 2 aliphatic rings. The van der Waals surface area contributed by atoms with Crippen molar-refractivity contribution in [3.63, 3.8) is 0 Å². The molecule has 48 heavy (non-hydrogen) atoms. The van der Waals surface area contributed by atoms with E-state index in [9.17, 15) is 10.5 Å². The highest BCUT2D eigenvalue weighted by molar-refractivity contribution is 5.72. The molecule has 0 aliphatic carbocycles. The van der Waals surface area contributed by atoms with Gasteiger partial charge in [-0.05, 0) is 134 Å². The highest BCUT2D eigenvalue weighted by Gasteiger charge is 2.16. The van der Waals surface area contributed by atoms with Crippen LogP contribution < -0.4 is 9.47 Å². The summed E-state index contributed by atoms with van der Waals surface area (Å²) in [5.74, 6) is 1.24. The molecular formula is C42H46N4O2. The van der Waals surface area contributed by atoms with E-state index in [0.717, 1.165) is 83.8 Å². The minimum absolute atomic E-state index is 0.381. The number of nitrogens with zero attached hydrogens (tertiary/aromatic N) is 4. The molecule has 2 aliphatic heterocycles. The van der Waals surface area contributed by atoms with Crippen LogP contribution in [0.2, 0.25) is 0 Å². The van der Waals surface area contributed by atoms with Crippen LogP contribution in [-0.4, -0.2) is 36.0 Å². The Balaban J connectivity index is 1.13. The Kier molecular flexibility index (Phi) is 11.1. The van der Waals surface area contributed by atoms with Gasteiger partial charge in [-0.15, -0.1) is 0 Å². The molecule has 6 rings (SSSR count). The largest absolute Gasteiger partial charge is 0.488 e. The van der Waals surface area contributed by atoms with Crippen molar-refractivity contribution < 1.29 is 9.47 Å². The Bertz CT molecular complexity index is 1670. The van der Waals surface area contributed by atoms with Crippen LogP contribution in [0.3, 0.4) is 0 Å². The van der Waals surface area contributed by atoms with Gasteiger partial charge in [-0.2, -0.15) is 10.5 Å². The predicted molar refractivity (Wildman–Crippen MR) is 191 cm³/mol. The van der Waals surface area contributed by atoms with Gasteiger partial charge in [-0.3, -0.25) is 9.80 Å². The molecule has 2 fully saturated rings. The fraction of sp³-hybridized carbons (Fsp3) is 0.381. The van der Waals surface area contributed by atoms with E-state index in [0.29, 0.717) is 35.8 Å². The molecule has 0 atom stereocenters. The van der Waals surface area contributed by atoms with Crippen LogP contribution in [0.1, 0.15) is 83.0 Å². The summed E-state index contributed by atoms with van der Waals surface area (Å²) in [6.45, 7) is 11.3. The molecule has 0 unspecified atom stereocenters. The Morgan fingerprint density at radius 3 is 1.38 bits per heavy atom. The van der Waals surface area contributed by atoms with Gasteiger partial charge in [0, 0.05) is 13.1 Å². The zero-order valence-corrected chi connectivity index (χ0v) is 28.4. The van der Waals surface area contributed by atoms with Gasteiger partial charge < -0.3 is 9.47 Å². The molecular weight excluding hydrogens is 592 g/mol. The first-order chi connectivity index (χ1) is 23.5. The summed E-state index contributed by atoms with van der Waals surface area (Å²) in [7, 11) is 0. The number of ether oxygens (including phenoxy) is 2. The standard InChI is InChI=1S/C42H46N4O2/c1-31-35(29-47-41-17-15-33(23-37(41)25-43)27-45-19-5-3-6-20-45)11-9-13-39(31)40-14-10-12-36(32(40)2)30-48-42-18-16-34(24-38(42)26-44)28-46-21-7-4-8-22-46/h9-18,23-24H,3-8,19-22,27-30H2,1-2H3. The normalized spacial score (nSPS) is 15.4. The lowest BCUT2D eigenvalue weighted by Crippen LogP contribution is -2.29. The number of hydrogen-bond acceptors (Lipinski definition) is 6. The topological polar surface area (TPSA) is 72.5 Å². The van der Waals surface area contributed by atoms with Crippen molar-refractivity contribution >= 4 is 0 Å². The molecule has 2 saturated heterocycles. The lowest BCUT2D eigenvalue weighted by molar-refractivity contribution is 0.220. The number of rotatable bonds is 11. The van der Waals surface area contributed by atoms with Crippen LogP contribution >= 0.6 is 0 Å². The maximum atomic E-state index is 9.90. The Labute approximate surface area is 286 Å². The zero-order chi connectivity index (χ0) is 33.3. The summed E-state index contributed by atoms with van der Waals surface area (Å²) in [6.07, 6.45) is 7.62. The molecule has 6 nitrogen and oxygen atoms in total. The lowest BCUT2D eigenvalue weighted by Gasteiger charge is -2.26. The van der Waals surface area contributed by atoms with E-state index in [-0.39, 0.29) is 0 Å². The highest BCUT2D eigenvalue weighted by Crippen LogP contribution is 2.32. The molecule has 0 radical (unpaired) electrons. The molecule has 0 N–H and O–H groups in total. The molecule has 4 aromatic carbocycles. The summed E-state index contributed by atoms with van der Waals surface area (Å²) in [6, 6.07) is 29.4. The van der Waals surface area contributed by atoms with E-state index in [4.69, 9.17) is 9.47 Å². The van der Waals surface area contributed by atoms with Gasteiger partial charge in [0.25, 0.3) is 0 Å². The van der Waals surface area contributed by atoms with Crippen molar-refractivity contribution in [3.8, 4) is 34.8 Å². The van der Waals surface area contributed by atoms with E-state index in [1.807, 2.05) is 24.3 Å². The third-order valence-electron chi connectivity index (χ3n) is 9.99. The van der Waals surface area contributed by atoms with Crippen LogP contribution in [-0.2, 0) is 26.3 Å². The zero-order valence-electron chi connectivity index (χ0n) is 28.4. The monoisotopic (exact) mass is 638 g/mol. The quantitative estimate of drug-likeness (QED) is 0.163. The third kappa shape index (κ3) is 8.08. The third-order valence-corrected chi connectivity index (χ3v) is 9.99. The maximum Gasteiger partial charge on any atom is 0.137 e. The molecule has 0 aromatic heterocycles. The number of hydrogen-bond donors (Lipinski definition) is 0. The number of piperidine rings is 2. The number of likely N-dealkylation sites (tertiary alicyclic amines) is 2. The van der Waals surface area contributed by atoms with Crippen molar-refractivity contribution in [2.75, 3.05) is 26.2 Å². The molecule has 246 valence electrons. The van der Waals surface area contributed by atoms with Crippen LogP contribution in [0.5, 0.6) is 11.5 Å². The van der Waals surface area contributed by atoms with E-state index < -0.39 is 0 Å². The van der Waals surface area contributed by atoms with E-state index in [1.165, 1.54) is 38.5 Å². The van der Waals surface area contributed by atoms with Crippen LogP contribution in [0.4, 0.5) is 0 Å². The first-order valence-corrected chi connectivity index (χ1v) is 17.5. The second kappa shape index (κ2) is 16.0. The van der Waals surface area contributed by atoms with Crippen molar-refractivity contribution in [1.29, 1.82) is 10.5 Å². The molecule has 6 heteroatoms. The summed E-state index contributed by atoms with van der Waals surface area (Å²) in [5.41, 5.74) is 10.2. The second-order valence-corrected chi connectivity index (χ2v) is 13.3. The van der Waals surface area contributed by atoms with Crippen LogP contribution in [0, 0.1) is 36.5 Å². The highest BCUT2D eigenvalue weighted by atomic mass is 16.5. The SMILES string of the molecule is Cc1c(COc2ccc(CN3CCCCC3)cc2C#N)cccc1-c1cccc(COc2ccc(CN3CCCCC3)cc2C#N)c1C. The Morgan fingerprint density at radius 1 is 0.562 bits per heavy atom. The molecule has 0 spiro atoms. The molecule has 0 bridgehead atoms. The summed E-state index contributed by atoms with van der Waals surface area (Å²) < 4.78 is 12.5. The van der Waals surface area contributed by atoms with Crippen molar-refractivity contribution in [2.45, 2.75) is 78.7 Å². The molecule has 2 heterocycles. The van der Waals surface area contributed by atoms with Gasteiger partial charge in [0.1, 0.15) is 36.9 Å². The predicted octanol–water partition coefficient (Wildman–Crippen LogP) is 8.84. The molecule has 4 aromatic rings. The lowest BCUT2D eigenvalue weighted by atomic mass is 9.92. The maximum absolute atomic E-state index is 9.90. The summed E-state index contributed by atoms with van der Waals surface area (Å²) in [4.78, 5) is 4.94. The van der Waals surface area contributed by atoms with Crippen LogP contribution in [0.15, 0.2) is 72.8 Å². The van der Waals surface area contributed by atoms with Gasteiger partial charge in [0.15, 0.2) is 0 Å². The Morgan fingerprint density at radius 2 is 0.979 bits per heavy atom. The van der Waals surface area contributed by atoms with Gasteiger partial charge in [-0.1, -0.05) is 61.4 Å².